The predicted octanol–water partition coefficient (Wildman–Crippen LogP) is 15.7. The van der Waals surface area contributed by atoms with Crippen LogP contribution in [-0.4, -0.2) is 20.0 Å². The van der Waals surface area contributed by atoms with E-state index in [9.17, 15) is 0 Å². The first-order chi connectivity index (χ1) is 17.5. The highest BCUT2D eigenvalue weighted by atomic mass is 16.7. The van der Waals surface area contributed by atoms with Gasteiger partial charge in [0.2, 0.25) is 0 Å². The summed E-state index contributed by atoms with van der Waals surface area (Å²) < 4.78 is 9.73. The van der Waals surface area contributed by atoms with Gasteiger partial charge in [0, 0.05) is 14.2 Å². The quantitative estimate of drug-likeness (QED) is 0.301. The summed E-state index contributed by atoms with van der Waals surface area (Å²) in [6, 6.07) is 21.3. The maximum Gasteiger partial charge on any atom is 0.161 e. The van der Waals surface area contributed by atoms with Crippen molar-refractivity contribution < 1.29 is 9.47 Å². The van der Waals surface area contributed by atoms with Crippen LogP contribution in [0.3, 0.4) is 0 Å². The van der Waals surface area contributed by atoms with Crippen molar-refractivity contribution >= 4 is 0 Å². The summed E-state index contributed by atoms with van der Waals surface area (Å²) in [7, 11) is 3.23. The maximum absolute atomic E-state index is 4.86. The number of methoxy groups -OCH3 is 2. The van der Waals surface area contributed by atoms with Gasteiger partial charge in [-0.25, -0.2) is 0 Å². The third-order valence-electron chi connectivity index (χ3n) is 5.86. The van der Waals surface area contributed by atoms with Crippen molar-refractivity contribution in [1.82, 2.24) is 0 Å². The Bertz CT molecular complexity index is 586. The van der Waals surface area contributed by atoms with Gasteiger partial charge < -0.3 is 9.47 Å². The second-order valence-electron chi connectivity index (χ2n) is 9.02. The van der Waals surface area contributed by atoms with Crippen LogP contribution >= 0.6 is 0 Å². The first-order valence-corrected chi connectivity index (χ1v) is 14.7. The van der Waals surface area contributed by atoms with E-state index in [4.69, 9.17) is 9.47 Å². The van der Waals surface area contributed by atoms with Crippen LogP contribution in [0, 0.1) is 0 Å². The molecule has 0 heterocycles. The normalized spacial score (nSPS) is 8.42. The lowest BCUT2D eigenvalue weighted by Gasteiger charge is -2.22. The molecule has 0 amide bonds. The molecule has 2 heteroatoms. The lowest BCUT2D eigenvalue weighted by molar-refractivity contribution is -0.178. The van der Waals surface area contributed by atoms with E-state index in [1.54, 1.807) is 14.2 Å². The molecule has 2 rings (SSSR count). The van der Waals surface area contributed by atoms with Gasteiger partial charge in [-0.2, -0.15) is 0 Å². The molecule has 0 aromatic heterocycles. The average Bonchev–Trinajstić information content (AvgIpc) is 2.99. The van der Waals surface area contributed by atoms with Crippen molar-refractivity contribution in [3.63, 3.8) is 0 Å². The second kappa shape index (κ2) is 47.3. The molecule has 0 atom stereocenters. The summed E-state index contributed by atoms with van der Waals surface area (Å²) in [6.45, 7) is 33.3. The van der Waals surface area contributed by atoms with Crippen molar-refractivity contribution in [2.24, 2.45) is 0 Å². The van der Waals surface area contributed by atoms with E-state index in [0.717, 1.165) is 0 Å². The lowest BCUT2D eigenvalue weighted by Crippen LogP contribution is -2.24. The van der Waals surface area contributed by atoms with Crippen molar-refractivity contribution in [1.29, 1.82) is 0 Å². The smallest absolute Gasteiger partial charge is 0.161 e. The molecule has 0 aliphatic rings. The van der Waals surface area contributed by atoms with Crippen LogP contribution in [0.15, 0.2) is 60.7 Å². The zero-order chi connectivity index (χ0) is 30.6. The molecule has 0 aliphatic carbocycles. The van der Waals surface area contributed by atoms with E-state index in [1.807, 2.05) is 69.2 Å². The maximum atomic E-state index is 4.86. The average molecular weight is 617 g/mol. The van der Waals surface area contributed by atoms with Crippen LogP contribution in [0.4, 0.5) is 0 Å². The minimum atomic E-state index is -0.417. The largest absolute Gasteiger partial charge is 0.354 e. The zero-order valence-electron chi connectivity index (χ0n) is 28.5. The first kappa shape index (κ1) is 73.1. The van der Waals surface area contributed by atoms with Crippen molar-refractivity contribution in [3.8, 4) is 0 Å². The standard InChI is InChI=1S/2C11H16.C5H12O2.4C2H6.6CH4/c2*1-4-11(2,3)10-8-6-5-7-9-10;1-5(2,6-3)7-4;4*1-2;;;;;;/h2*5-9H,4H2,1-3H3;1-4H3;4*1-2H3;6*1H4. The Morgan fingerprint density at radius 2 is 0.605 bits per heavy atom. The molecule has 43 heavy (non-hydrogen) atoms. The molecule has 0 fully saturated rings. The Morgan fingerprint density at radius 1 is 0.419 bits per heavy atom. The summed E-state index contributed by atoms with van der Waals surface area (Å²) in [5.74, 6) is -0.417. The Hall–Kier alpha value is -1.64. The van der Waals surface area contributed by atoms with Gasteiger partial charge in [0.25, 0.3) is 0 Å². The third-order valence-corrected chi connectivity index (χ3v) is 5.86. The van der Waals surface area contributed by atoms with Crippen LogP contribution in [0.1, 0.15) is 179 Å². The highest BCUT2D eigenvalue weighted by Crippen LogP contribution is 2.26. The van der Waals surface area contributed by atoms with Crippen LogP contribution in [0.2, 0.25) is 0 Å². The molecule has 2 aromatic carbocycles. The molecule has 0 aliphatic heterocycles. The molecule has 0 spiro atoms. The minimum absolute atomic E-state index is 0. The molecule has 2 aromatic rings. The zero-order valence-corrected chi connectivity index (χ0v) is 28.5. The summed E-state index contributed by atoms with van der Waals surface area (Å²) >= 11 is 0. The third kappa shape index (κ3) is 40.4. The predicted molar refractivity (Wildman–Crippen MR) is 213 cm³/mol. The van der Waals surface area contributed by atoms with Crippen molar-refractivity contribution in [3.05, 3.63) is 71.8 Å². The topological polar surface area (TPSA) is 18.5 Å². The molecule has 0 bridgehead atoms. The fourth-order valence-electron chi connectivity index (χ4n) is 2.27. The fraction of sp³-hybridized carbons (Fsp3) is 0.707. The number of rotatable bonds is 6. The first-order valence-electron chi connectivity index (χ1n) is 14.7. The molecule has 0 saturated heterocycles. The van der Waals surface area contributed by atoms with Gasteiger partial charge >= 0.3 is 0 Å². The van der Waals surface area contributed by atoms with Gasteiger partial charge in [0.05, 0.1) is 0 Å². The Morgan fingerprint density at radius 3 is 0.721 bits per heavy atom. The highest BCUT2D eigenvalue weighted by Gasteiger charge is 2.17. The van der Waals surface area contributed by atoms with Crippen LogP contribution < -0.4 is 0 Å². The van der Waals surface area contributed by atoms with Crippen LogP contribution in [0.25, 0.3) is 0 Å². The summed E-state index contributed by atoms with van der Waals surface area (Å²) in [5.41, 5.74) is 3.53. The van der Waals surface area contributed by atoms with E-state index >= 15 is 0 Å². The second-order valence-corrected chi connectivity index (χ2v) is 9.02. The van der Waals surface area contributed by atoms with Gasteiger partial charge in [0.1, 0.15) is 0 Å². The van der Waals surface area contributed by atoms with E-state index in [0.29, 0.717) is 10.8 Å². The highest BCUT2D eigenvalue weighted by molar-refractivity contribution is 5.23. The molecule has 0 saturated carbocycles. The van der Waals surface area contributed by atoms with E-state index in [2.05, 4.69) is 102 Å². The van der Waals surface area contributed by atoms with Gasteiger partial charge in [-0.3, -0.25) is 0 Å². The number of hydrogen-bond donors (Lipinski definition) is 0. The Balaban J connectivity index is -0.0000000338. The van der Waals surface area contributed by atoms with Gasteiger partial charge in [0.15, 0.2) is 5.79 Å². The molecular formula is C41H92O2. The molecule has 0 unspecified atom stereocenters. The summed E-state index contributed by atoms with van der Waals surface area (Å²) in [4.78, 5) is 0. The van der Waals surface area contributed by atoms with Gasteiger partial charge in [-0.15, -0.1) is 0 Å². The molecule has 0 N–H and O–H groups in total. The van der Waals surface area contributed by atoms with E-state index < -0.39 is 5.79 Å². The Kier molecular flexibility index (Phi) is 80.4. The lowest BCUT2D eigenvalue weighted by atomic mass is 9.82. The van der Waals surface area contributed by atoms with Crippen LogP contribution in [-0.2, 0) is 20.3 Å². The molecule has 0 radical (unpaired) electrons. The molecule has 268 valence electrons. The van der Waals surface area contributed by atoms with E-state index in [-0.39, 0.29) is 44.6 Å². The number of ether oxygens (including phenoxy) is 2. The summed E-state index contributed by atoms with van der Waals surface area (Å²) in [6.07, 6.45) is 2.38. The number of hydrogen-bond acceptors (Lipinski definition) is 2. The van der Waals surface area contributed by atoms with Crippen molar-refractivity contribution in [2.75, 3.05) is 14.2 Å². The van der Waals surface area contributed by atoms with Crippen molar-refractivity contribution in [2.45, 2.75) is 185 Å². The minimum Gasteiger partial charge on any atom is -0.354 e. The monoisotopic (exact) mass is 617 g/mol. The molecular weight excluding hydrogens is 524 g/mol. The van der Waals surface area contributed by atoms with E-state index in [1.165, 1.54) is 24.0 Å². The summed E-state index contributed by atoms with van der Waals surface area (Å²) in [5, 5.41) is 0. The van der Waals surface area contributed by atoms with Gasteiger partial charge in [-0.1, -0.05) is 202 Å². The molecule has 2 nitrogen and oxygen atoms in total. The number of benzene rings is 2. The fourth-order valence-corrected chi connectivity index (χ4v) is 2.27. The SMILES string of the molecule is C.C.C.C.C.C.CC.CC.CC.CC.CCC(C)(C)c1ccccc1.CCC(C)(C)c1ccccc1.COC(C)(C)OC. The Labute approximate surface area is 279 Å². The van der Waals surface area contributed by atoms with Gasteiger partial charge in [-0.05, 0) is 48.6 Å². The van der Waals surface area contributed by atoms with Crippen LogP contribution in [0.5, 0.6) is 0 Å².